The SMILES string of the molecule is C[SiH](C)O[Si@@H]1O[SiH]2O[SiH]3O[Si@H]4O[SiH](O2)O[Si](O[SiH](C)C)(O1)O[Si](O[SiH](C)C)(O4)O[Si](O[SiH3])(O[SiH](C)C)O3. The third-order valence-electron chi connectivity index (χ3n) is 4.35. The maximum Gasteiger partial charge on any atom is 0.649 e. The van der Waals surface area contributed by atoms with E-state index >= 15 is 0 Å². The Morgan fingerprint density at radius 3 is 1.59 bits per heavy atom. The fourth-order valence-corrected chi connectivity index (χ4v) is 46.8. The Balaban J connectivity index is 1.87. The molecule has 216 valence electrons. The zero-order valence-corrected chi connectivity index (χ0v) is 37.6. The quantitative estimate of drug-likeness (QED) is 0.208. The molecule has 0 N–H and O–H groups in total. The number of hydrogen-bond acceptors (Lipinski definition) is 16. The van der Waals surface area contributed by atoms with Gasteiger partial charge < -0.3 is 65.8 Å². The molecule has 37 heavy (non-hydrogen) atoms. The molecule has 4 aliphatic heterocycles. The second kappa shape index (κ2) is 13.2. The number of hydrogen-bond donors (Lipinski definition) is 0. The fourth-order valence-electron chi connectivity index (χ4n) is 3.28. The Kier molecular flexibility index (Phi) is 11.5. The Bertz CT molecular complexity index is 770. The lowest BCUT2D eigenvalue weighted by Gasteiger charge is -2.49. The molecule has 4 heterocycles. The van der Waals surface area contributed by atoms with Crippen molar-refractivity contribution in [3.05, 3.63) is 0 Å². The third-order valence-corrected chi connectivity index (χ3v) is 39.1. The third kappa shape index (κ3) is 8.61. The van der Waals surface area contributed by atoms with Crippen LogP contribution in [-0.2, 0) is 65.8 Å². The lowest BCUT2D eigenvalue weighted by molar-refractivity contribution is -0.0224. The molecule has 0 saturated carbocycles. The van der Waals surface area contributed by atoms with Crippen LogP contribution in [0, 0.1) is 0 Å². The molecule has 4 rings (SSSR count). The molecule has 0 amide bonds. The molecule has 0 spiro atoms. The van der Waals surface area contributed by atoms with Crippen LogP contribution >= 0.6 is 0 Å². The highest BCUT2D eigenvalue weighted by Crippen LogP contribution is 2.35. The monoisotopic (exact) mass is 752 g/mol. The molecule has 0 aliphatic carbocycles. The summed E-state index contributed by atoms with van der Waals surface area (Å²) in [5, 5.41) is 0. The van der Waals surface area contributed by atoms with Gasteiger partial charge in [-0.3, -0.25) is 0 Å². The van der Waals surface area contributed by atoms with Crippen LogP contribution in [0.15, 0.2) is 0 Å². The van der Waals surface area contributed by atoms with Gasteiger partial charge in [-0.25, -0.2) is 0 Å². The Morgan fingerprint density at radius 1 is 0.541 bits per heavy atom. The van der Waals surface area contributed by atoms with Crippen molar-refractivity contribution < 1.29 is 65.8 Å². The van der Waals surface area contributed by atoms with Crippen LogP contribution in [0.25, 0.3) is 0 Å². The van der Waals surface area contributed by atoms with E-state index in [4.69, 9.17) is 65.8 Å². The zero-order chi connectivity index (χ0) is 27.0. The molecule has 4 aliphatic rings. The lowest BCUT2D eigenvalue weighted by atomic mass is 11.9. The van der Waals surface area contributed by atoms with E-state index in [9.17, 15) is 0 Å². The Hall–Kier alpha value is 2.18. The molecule has 0 radical (unpaired) electrons. The van der Waals surface area contributed by atoms with E-state index in [1.807, 2.05) is 52.4 Å². The summed E-state index contributed by atoms with van der Waals surface area (Å²) in [7, 11) is -34.2. The average Bonchev–Trinajstić information content (AvgIpc) is 2.66. The highest BCUT2D eigenvalue weighted by molar-refractivity contribution is 6.90. The van der Waals surface area contributed by atoms with Crippen LogP contribution < -0.4 is 0 Å². The van der Waals surface area contributed by atoms with Crippen LogP contribution in [0.1, 0.15) is 0 Å². The minimum absolute atomic E-state index is 0.232. The summed E-state index contributed by atoms with van der Waals surface area (Å²) in [5.41, 5.74) is 0. The predicted octanol–water partition coefficient (Wildman–Crippen LogP) is -4.59. The van der Waals surface area contributed by atoms with Crippen molar-refractivity contribution in [1.82, 2.24) is 0 Å². The second-order valence-corrected chi connectivity index (χ2v) is 39.9. The lowest BCUT2D eigenvalue weighted by Crippen LogP contribution is -2.77. The maximum atomic E-state index is 6.65. The van der Waals surface area contributed by atoms with Crippen molar-refractivity contribution in [3.63, 3.8) is 0 Å². The average molecular weight is 753 g/mol. The van der Waals surface area contributed by atoms with Crippen LogP contribution in [0.4, 0.5) is 0 Å². The molecule has 6 bridgehead atoms. The van der Waals surface area contributed by atoms with Crippen molar-refractivity contribution in [1.29, 1.82) is 0 Å². The molecule has 6 unspecified atom stereocenters. The van der Waals surface area contributed by atoms with Crippen LogP contribution in [0.5, 0.6) is 0 Å². The molecule has 0 aromatic rings. The van der Waals surface area contributed by atoms with Crippen molar-refractivity contribution >= 4 is 121 Å². The first-order valence-electron chi connectivity index (χ1n) is 12.0. The van der Waals surface area contributed by atoms with E-state index in [2.05, 4.69) is 0 Å². The standard InChI is InChI=1S/C8H36O16Si13/c1-26(2)10-31-11-30-12-32-14-34-15-33(13-30)21-36(20-31,17-28(5)6)24-37(22-34,18-29(7)8)23-35(9-25,19-32)16-27(3)4/h26-34H,1-8,25H3/t30?,31-,32?,33?,34+,35?,36?,37?/m1/s1. The summed E-state index contributed by atoms with van der Waals surface area (Å²) in [6, 6.07) is 0. The van der Waals surface area contributed by atoms with Crippen molar-refractivity contribution in [2.75, 3.05) is 0 Å². The first kappa shape index (κ1) is 32.1. The molecule has 16 nitrogen and oxygen atoms in total. The van der Waals surface area contributed by atoms with Gasteiger partial charge in [-0.2, -0.15) is 0 Å². The van der Waals surface area contributed by atoms with Gasteiger partial charge in [0.15, 0.2) is 36.2 Å². The summed E-state index contributed by atoms with van der Waals surface area (Å²) in [5.74, 6) is 0. The first-order chi connectivity index (χ1) is 17.3. The minimum Gasteiger partial charge on any atom is -0.422 e. The molecular weight excluding hydrogens is 717 g/mol. The predicted molar refractivity (Wildman–Crippen MR) is 156 cm³/mol. The summed E-state index contributed by atoms with van der Waals surface area (Å²) in [4.78, 5) is 0. The van der Waals surface area contributed by atoms with Crippen molar-refractivity contribution in [3.8, 4) is 0 Å². The molecular formula is C8H36O16Si13. The van der Waals surface area contributed by atoms with Crippen LogP contribution in [0.2, 0.25) is 52.4 Å². The van der Waals surface area contributed by atoms with E-state index in [1.165, 1.54) is 0 Å². The second-order valence-electron chi connectivity index (χ2n) is 9.19. The highest BCUT2D eigenvalue weighted by Gasteiger charge is 2.72. The first-order valence-corrected chi connectivity index (χ1v) is 35.9. The van der Waals surface area contributed by atoms with Gasteiger partial charge in [-0.15, -0.1) is 0 Å². The molecule has 4 saturated heterocycles. The zero-order valence-electron chi connectivity index (χ0n) is 22.2. The summed E-state index contributed by atoms with van der Waals surface area (Å²) >= 11 is 0. The molecule has 29 heteroatoms. The van der Waals surface area contributed by atoms with Crippen molar-refractivity contribution in [2.45, 2.75) is 52.4 Å². The summed E-state index contributed by atoms with van der Waals surface area (Å²) < 4.78 is 101. The van der Waals surface area contributed by atoms with E-state index in [0.29, 0.717) is 0 Å². The summed E-state index contributed by atoms with van der Waals surface area (Å²) in [6.45, 7) is 15.8. The van der Waals surface area contributed by atoms with Gasteiger partial charge >= 0.3 is 74.8 Å². The van der Waals surface area contributed by atoms with Gasteiger partial charge in [0.25, 0.3) is 0 Å². The van der Waals surface area contributed by atoms with Crippen LogP contribution in [-0.4, -0.2) is 121 Å². The van der Waals surface area contributed by atoms with Gasteiger partial charge in [0, 0.05) is 0 Å². The molecule has 8 atom stereocenters. The summed E-state index contributed by atoms with van der Waals surface area (Å²) in [6.07, 6.45) is 0. The largest absolute Gasteiger partial charge is 0.649 e. The van der Waals surface area contributed by atoms with Gasteiger partial charge in [-0.05, 0) is 52.4 Å². The number of rotatable bonds is 9. The van der Waals surface area contributed by atoms with Gasteiger partial charge in [0.1, 0.15) is 10.5 Å². The van der Waals surface area contributed by atoms with E-state index in [-0.39, 0.29) is 10.5 Å². The van der Waals surface area contributed by atoms with Gasteiger partial charge in [0.2, 0.25) is 0 Å². The Labute approximate surface area is 238 Å². The fraction of sp³-hybridized carbons (Fsp3) is 1.00. The van der Waals surface area contributed by atoms with Crippen LogP contribution in [0.3, 0.4) is 0 Å². The Morgan fingerprint density at radius 2 is 1.05 bits per heavy atom. The van der Waals surface area contributed by atoms with Gasteiger partial charge in [-0.1, -0.05) is 0 Å². The highest BCUT2D eigenvalue weighted by atomic mass is 28.6. The van der Waals surface area contributed by atoms with Gasteiger partial charge in [0.05, 0.1) is 0 Å². The maximum absolute atomic E-state index is 6.65. The topological polar surface area (TPSA) is 148 Å². The molecule has 4 fully saturated rings. The molecule has 0 aromatic carbocycles. The molecule has 0 aromatic heterocycles. The number of fused-ring (bicyclic) bond motifs is 4. The van der Waals surface area contributed by atoms with Crippen molar-refractivity contribution in [2.24, 2.45) is 0 Å². The minimum atomic E-state index is -4.24. The van der Waals surface area contributed by atoms with E-state index < -0.39 is 111 Å². The smallest absolute Gasteiger partial charge is 0.422 e. The van der Waals surface area contributed by atoms with E-state index in [0.717, 1.165) is 0 Å². The van der Waals surface area contributed by atoms with E-state index in [1.54, 1.807) is 0 Å². The normalized spacial score (nSPS) is 42.6.